The molecule has 1 heterocycles. The second-order valence-corrected chi connectivity index (χ2v) is 7.54. The molecule has 2 bridgehead atoms. The Morgan fingerprint density at radius 1 is 1.22 bits per heavy atom. The van der Waals surface area contributed by atoms with Gasteiger partial charge in [0.05, 0.1) is 5.54 Å². The number of hydrogen-bond donors (Lipinski definition) is 3. The van der Waals surface area contributed by atoms with Crippen molar-refractivity contribution in [1.82, 2.24) is 15.6 Å². The van der Waals surface area contributed by atoms with E-state index in [1.54, 1.807) is 6.07 Å². The first kappa shape index (κ1) is 15.6. The molecule has 2 amide bonds. The van der Waals surface area contributed by atoms with Gasteiger partial charge in [-0.25, -0.2) is 9.78 Å². The summed E-state index contributed by atoms with van der Waals surface area (Å²) >= 11 is 0. The first-order valence-corrected chi connectivity index (χ1v) is 7.60. The minimum Gasteiger partial charge on any atom is -0.505 e. The summed E-state index contributed by atoms with van der Waals surface area (Å²) in [7, 11) is 0. The van der Waals surface area contributed by atoms with Crippen molar-refractivity contribution in [2.45, 2.75) is 56.7 Å². The van der Waals surface area contributed by atoms with Crippen molar-refractivity contribution in [3.05, 3.63) is 24.0 Å². The van der Waals surface area contributed by atoms with Crippen LogP contribution in [-0.4, -0.2) is 38.8 Å². The first-order valence-electron chi connectivity index (χ1n) is 7.60. The molecule has 7 nitrogen and oxygen atoms in total. The lowest BCUT2D eigenvalue weighted by Crippen LogP contribution is -2.83. The van der Waals surface area contributed by atoms with E-state index < -0.39 is 17.6 Å². The molecule has 4 rings (SSSR count). The van der Waals surface area contributed by atoms with Gasteiger partial charge in [-0.3, -0.25) is 4.79 Å². The highest BCUT2D eigenvalue weighted by atomic mass is 16.6. The number of ether oxygens (including phenoxy) is 1. The lowest BCUT2D eigenvalue weighted by molar-refractivity contribution is -0.0969. The number of carbonyl (C=O) groups excluding carboxylic acids is 2. The fraction of sp³-hybridized carbons (Fsp3) is 0.562. The van der Waals surface area contributed by atoms with Gasteiger partial charge in [0.1, 0.15) is 11.4 Å². The van der Waals surface area contributed by atoms with Crippen molar-refractivity contribution < 1.29 is 19.4 Å². The Hall–Kier alpha value is -2.31. The van der Waals surface area contributed by atoms with Crippen LogP contribution in [0.1, 0.15) is 50.5 Å². The highest BCUT2D eigenvalue weighted by molar-refractivity contribution is 5.95. The molecule has 3 fully saturated rings. The molecule has 0 unspecified atom stereocenters. The van der Waals surface area contributed by atoms with Crippen LogP contribution in [0.3, 0.4) is 0 Å². The monoisotopic (exact) mass is 319 g/mol. The van der Waals surface area contributed by atoms with Crippen LogP contribution in [0.15, 0.2) is 18.3 Å². The van der Waals surface area contributed by atoms with Gasteiger partial charge in [0, 0.05) is 11.7 Å². The second kappa shape index (κ2) is 4.84. The number of rotatable bonds is 3. The number of hydrogen-bond acceptors (Lipinski definition) is 5. The number of pyridine rings is 1. The zero-order valence-electron chi connectivity index (χ0n) is 13.5. The van der Waals surface area contributed by atoms with Gasteiger partial charge in [0.25, 0.3) is 5.91 Å². The Labute approximate surface area is 134 Å². The number of nitrogens with one attached hydrogen (secondary N) is 2. The lowest BCUT2D eigenvalue weighted by atomic mass is 9.44. The number of carbonyl (C=O) groups is 2. The predicted molar refractivity (Wildman–Crippen MR) is 82.1 cm³/mol. The van der Waals surface area contributed by atoms with E-state index in [2.05, 4.69) is 15.6 Å². The normalized spacial score (nSPS) is 28.1. The summed E-state index contributed by atoms with van der Waals surface area (Å²) in [5.41, 5.74) is -1.10. The molecule has 0 radical (unpaired) electrons. The molecule has 3 saturated carbocycles. The maximum absolute atomic E-state index is 12.2. The third kappa shape index (κ3) is 2.95. The van der Waals surface area contributed by atoms with Gasteiger partial charge in [0.15, 0.2) is 5.69 Å². The van der Waals surface area contributed by atoms with E-state index in [1.807, 2.05) is 20.8 Å². The quantitative estimate of drug-likeness (QED) is 0.787. The smallest absolute Gasteiger partial charge is 0.408 e. The summed E-state index contributed by atoms with van der Waals surface area (Å²) < 4.78 is 5.25. The van der Waals surface area contributed by atoms with E-state index in [1.165, 1.54) is 12.3 Å². The molecule has 124 valence electrons. The predicted octanol–water partition coefficient (Wildman–Crippen LogP) is 1.72. The molecule has 3 N–H and O–H groups in total. The molecule has 3 aliphatic rings. The maximum Gasteiger partial charge on any atom is 0.408 e. The van der Waals surface area contributed by atoms with Gasteiger partial charge >= 0.3 is 6.09 Å². The van der Waals surface area contributed by atoms with Crippen LogP contribution in [0.25, 0.3) is 0 Å². The molecular formula is C16H21N3O4. The molecule has 1 aromatic heterocycles. The van der Waals surface area contributed by atoms with Gasteiger partial charge in [-0.2, -0.15) is 0 Å². The molecule has 0 spiro atoms. The fourth-order valence-electron chi connectivity index (χ4n) is 3.44. The van der Waals surface area contributed by atoms with Gasteiger partial charge in [-0.05, 0) is 52.2 Å². The maximum atomic E-state index is 12.2. The Balaban J connectivity index is 1.53. The number of amides is 2. The summed E-state index contributed by atoms with van der Waals surface area (Å²) in [4.78, 5) is 27.9. The average molecular weight is 319 g/mol. The SMILES string of the molecule is CC(C)(C)OC(=O)NC12CC(NC(=O)c3ncccc3O)(C1)C2. The number of aromatic hydroxyl groups is 1. The second-order valence-electron chi connectivity index (χ2n) is 7.54. The summed E-state index contributed by atoms with van der Waals surface area (Å²) in [6.45, 7) is 5.45. The van der Waals surface area contributed by atoms with Crippen LogP contribution in [0.4, 0.5) is 4.79 Å². The fourth-order valence-corrected chi connectivity index (χ4v) is 3.44. The van der Waals surface area contributed by atoms with E-state index >= 15 is 0 Å². The summed E-state index contributed by atoms with van der Waals surface area (Å²) in [6.07, 6.45) is 3.03. The highest BCUT2D eigenvalue weighted by Crippen LogP contribution is 2.60. The van der Waals surface area contributed by atoms with E-state index in [0.717, 1.165) is 0 Å². The van der Waals surface area contributed by atoms with Crippen LogP contribution < -0.4 is 10.6 Å². The van der Waals surface area contributed by atoms with Crippen molar-refractivity contribution in [3.63, 3.8) is 0 Å². The van der Waals surface area contributed by atoms with E-state index in [-0.39, 0.29) is 22.5 Å². The first-order chi connectivity index (χ1) is 10.6. The molecule has 1 aromatic rings. The van der Waals surface area contributed by atoms with Crippen molar-refractivity contribution in [1.29, 1.82) is 0 Å². The van der Waals surface area contributed by atoms with E-state index in [0.29, 0.717) is 19.3 Å². The Kier molecular flexibility index (Phi) is 3.28. The van der Waals surface area contributed by atoms with Gasteiger partial charge in [-0.1, -0.05) is 0 Å². The van der Waals surface area contributed by atoms with Gasteiger partial charge in [0.2, 0.25) is 0 Å². The van der Waals surface area contributed by atoms with E-state index in [9.17, 15) is 14.7 Å². The highest BCUT2D eigenvalue weighted by Gasteiger charge is 2.69. The van der Waals surface area contributed by atoms with Crippen LogP contribution in [0.5, 0.6) is 5.75 Å². The summed E-state index contributed by atoms with van der Waals surface area (Å²) in [5.74, 6) is -0.535. The van der Waals surface area contributed by atoms with Crippen LogP contribution in [-0.2, 0) is 4.74 Å². The van der Waals surface area contributed by atoms with Gasteiger partial charge < -0.3 is 20.5 Å². The van der Waals surface area contributed by atoms with E-state index in [4.69, 9.17) is 4.74 Å². The largest absolute Gasteiger partial charge is 0.505 e. The molecule has 0 aliphatic heterocycles. The van der Waals surface area contributed by atoms with Crippen LogP contribution in [0, 0.1) is 0 Å². The van der Waals surface area contributed by atoms with Crippen LogP contribution in [0.2, 0.25) is 0 Å². The molecule has 0 saturated heterocycles. The number of aromatic nitrogens is 1. The topological polar surface area (TPSA) is 101 Å². The standard InChI is InChI=1S/C16H21N3O4/c1-14(2,3)23-13(22)19-16-7-15(8-16,9-16)18-12(21)11-10(20)5-4-6-17-11/h4-6,20H,7-9H2,1-3H3,(H,18,21)(H,19,22). The molecule has 7 heteroatoms. The zero-order valence-corrected chi connectivity index (χ0v) is 13.5. The Bertz CT molecular complexity index is 646. The van der Waals surface area contributed by atoms with Crippen LogP contribution >= 0.6 is 0 Å². The lowest BCUT2D eigenvalue weighted by Gasteiger charge is -2.70. The molecule has 0 aromatic carbocycles. The summed E-state index contributed by atoms with van der Waals surface area (Å²) in [6, 6.07) is 2.99. The molecule has 0 atom stereocenters. The molecular weight excluding hydrogens is 298 g/mol. The number of nitrogens with zero attached hydrogens (tertiary/aromatic N) is 1. The third-order valence-electron chi connectivity index (χ3n) is 4.18. The minimum atomic E-state index is -0.532. The third-order valence-corrected chi connectivity index (χ3v) is 4.18. The average Bonchev–Trinajstić information content (AvgIpc) is 2.32. The van der Waals surface area contributed by atoms with Crippen molar-refractivity contribution in [3.8, 4) is 5.75 Å². The van der Waals surface area contributed by atoms with Gasteiger partial charge in [-0.15, -0.1) is 0 Å². The van der Waals surface area contributed by atoms with Crippen molar-refractivity contribution >= 4 is 12.0 Å². The van der Waals surface area contributed by atoms with Crippen molar-refractivity contribution in [2.75, 3.05) is 0 Å². The summed E-state index contributed by atoms with van der Waals surface area (Å²) in [5, 5.41) is 15.5. The molecule has 3 aliphatic carbocycles. The van der Waals surface area contributed by atoms with Crippen molar-refractivity contribution in [2.24, 2.45) is 0 Å². The Morgan fingerprint density at radius 3 is 2.39 bits per heavy atom. The zero-order chi connectivity index (χ0) is 16.9. The molecule has 23 heavy (non-hydrogen) atoms. The Morgan fingerprint density at radius 2 is 1.83 bits per heavy atom. The minimum absolute atomic E-state index is 0.0198. The number of alkyl carbamates (subject to hydrolysis) is 1.